The third-order valence-electron chi connectivity index (χ3n) is 4.79. The van der Waals surface area contributed by atoms with Crippen LogP contribution in [0, 0.1) is 5.92 Å². The number of carbonyl (C=O) groups is 1. The van der Waals surface area contributed by atoms with Crippen molar-refractivity contribution in [3.8, 4) is 0 Å². The van der Waals surface area contributed by atoms with E-state index in [-0.39, 0.29) is 12.1 Å². The molecule has 3 heteroatoms. The summed E-state index contributed by atoms with van der Waals surface area (Å²) in [6.45, 7) is 4.94. The number of nitrogens with zero attached hydrogens (tertiary/aromatic N) is 1. The van der Waals surface area contributed by atoms with Crippen LogP contribution in [-0.4, -0.2) is 29.6 Å². The molecule has 2 aliphatic rings. The van der Waals surface area contributed by atoms with Crippen LogP contribution in [0.15, 0.2) is 30.3 Å². The van der Waals surface area contributed by atoms with Crippen LogP contribution in [0.3, 0.4) is 0 Å². The fourth-order valence-corrected chi connectivity index (χ4v) is 3.94. The minimum Gasteiger partial charge on any atom is -0.462 e. The Bertz CT molecular complexity index is 473. The van der Waals surface area contributed by atoms with Crippen LogP contribution in [0.5, 0.6) is 0 Å². The van der Waals surface area contributed by atoms with Gasteiger partial charge in [0.15, 0.2) is 0 Å². The number of carbonyl (C=O) groups excluding carboxylic acids is 1. The molecule has 2 fully saturated rings. The van der Waals surface area contributed by atoms with E-state index in [1.165, 1.54) is 18.9 Å². The van der Waals surface area contributed by atoms with Crippen LogP contribution in [0.4, 0.5) is 0 Å². The summed E-state index contributed by atoms with van der Waals surface area (Å²) < 4.78 is 5.44. The topological polar surface area (TPSA) is 29.5 Å². The van der Waals surface area contributed by atoms with E-state index in [4.69, 9.17) is 4.74 Å². The second kappa shape index (κ2) is 5.57. The summed E-state index contributed by atoms with van der Waals surface area (Å²) in [5.74, 6) is 0.545. The maximum Gasteiger partial charge on any atom is 0.302 e. The minimum absolute atomic E-state index is 0.129. The van der Waals surface area contributed by atoms with Gasteiger partial charge in [-0.3, -0.25) is 9.69 Å². The number of ether oxygens (including phenoxy) is 1. The molecule has 108 valence electrons. The van der Waals surface area contributed by atoms with Gasteiger partial charge in [-0.1, -0.05) is 30.3 Å². The van der Waals surface area contributed by atoms with Gasteiger partial charge in [0.1, 0.15) is 6.10 Å². The highest BCUT2D eigenvalue weighted by atomic mass is 16.5. The smallest absolute Gasteiger partial charge is 0.302 e. The first-order chi connectivity index (χ1) is 9.63. The monoisotopic (exact) mass is 273 g/mol. The summed E-state index contributed by atoms with van der Waals surface area (Å²) in [7, 11) is 0. The maximum absolute atomic E-state index is 11.1. The second-order valence-corrected chi connectivity index (χ2v) is 6.24. The van der Waals surface area contributed by atoms with Crippen molar-refractivity contribution in [3.63, 3.8) is 0 Å². The zero-order valence-electron chi connectivity index (χ0n) is 12.3. The lowest BCUT2D eigenvalue weighted by Gasteiger charge is -2.32. The quantitative estimate of drug-likeness (QED) is 0.792. The molecule has 20 heavy (non-hydrogen) atoms. The SMILES string of the molecule is CC(=O)O[C@H]1C[C@@H]2C[C@H](C1)N([C@H](C)c1ccccc1)C2. The van der Waals surface area contributed by atoms with Crippen molar-refractivity contribution in [1.29, 1.82) is 0 Å². The van der Waals surface area contributed by atoms with Gasteiger partial charge in [0.25, 0.3) is 0 Å². The molecule has 3 rings (SSSR count). The van der Waals surface area contributed by atoms with Crippen molar-refractivity contribution < 1.29 is 9.53 Å². The first-order valence-electron chi connectivity index (χ1n) is 7.61. The predicted octanol–water partition coefficient (Wildman–Crippen LogP) is 3.16. The largest absolute Gasteiger partial charge is 0.462 e. The van der Waals surface area contributed by atoms with Crippen molar-refractivity contribution >= 4 is 5.97 Å². The van der Waals surface area contributed by atoms with Crippen LogP contribution in [-0.2, 0) is 9.53 Å². The molecular weight excluding hydrogens is 250 g/mol. The van der Waals surface area contributed by atoms with Gasteiger partial charge in [0.05, 0.1) is 0 Å². The van der Waals surface area contributed by atoms with Crippen molar-refractivity contribution in [2.24, 2.45) is 5.92 Å². The molecule has 1 saturated heterocycles. The van der Waals surface area contributed by atoms with Gasteiger partial charge >= 0.3 is 5.97 Å². The Morgan fingerprint density at radius 1 is 1.25 bits per heavy atom. The summed E-state index contributed by atoms with van der Waals surface area (Å²) in [5.41, 5.74) is 1.38. The molecule has 0 amide bonds. The number of rotatable bonds is 3. The molecule has 1 aliphatic heterocycles. The van der Waals surface area contributed by atoms with Crippen molar-refractivity contribution in [2.75, 3.05) is 6.54 Å². The molecule has 0 unspecified atom stereocenters. The summed E-state index contributed by atoms with van der Waals surface area (Å²) >= 11 is 0. The van der Waals surface area contributed by atoms with Crippen LogP contribution < -0.4 is 0 Å². The number of likely N-dealkylation sites (tertiary alicyclic amines) is 1. The molecular formula is C17H23NO2. The van der Waals surface area contributed by atoms with Gasteiger partial charge in [-0.15, -0.1) is 0 Å². The van der Waals surface area contributed by atoms with E-state index < -0.39 is 0 Å². The zero-order chi connectivity index (χ0) is 14.1. The second-order valence-electron chi connectivity index (χ2n) is 6.24. The summed E-state index contributed by atoms with van der Waals surface area (Å²) in [6.07, 6.45) is 3.42. The first kappa shape index (κ1) is 13.6. The van der Waals surface area contributed by atoms with Gasteiger partial charge in [0, 0.05) is 25.6 Å². The van der Waals surface area contributed by atoms with E-state index in [0.717, 1.165) is 19.4 Å². The number of esters is 1. The molecule has 3 nitrogen and oxygen atoms in total. The number of fused-ring (bicyclic) bond motifs is 2. The van der Waals surface area contributed by atoms with Crippen molar-refractivity contribution in [3.05, 3.63) is 35.9 Å². The highest BCUT2D eigenvalue weighted by molar-refractivity contribution is 5.66. The van der Waals surface area contributed by atoms with Gasteiger partial charge < -0.3 is 4.74 Å². The maximum atomic E-state index is 11.1. The lowest BCUT2D eigenvalue weighted by atomic mass is 9.88. The van der Waals surface area contributed by atoms with Gasteiger partial charge in [-0.05, 0) is 37.7 Å². The zero-order valence-corrected chi connectivity index (χ0v) is 12.3. The molecule has 1 aliphatic carbocycles. The van der Waals surface area contributed by atoms with Crippen LogP contribution in [0.25, 0.3) is 0 Å². The Balaban J connectivity index is 1.69. The van der Waals surface area contributed by atoms with Crippen molar-refractivity contribution in [1.82, 2.24) is 4.90 Å². The van der Waals surface area contributed by atoms with Crippen LogP contribution in [0.1, 0.15) is 44.7 Å². The lowest BCUT2D eigenvalue weighted by Crippen LogP contribution is -2.35. The lowest BCUT2D eigenvalue weighted by molar-refractivity contribution is -0.148. The summed E-state index contributed by atoms with van der Waals surface area (Å²) in [6, 6.07) is 11.7. The predicted molar refractivity (Wildman–Crippen MR) is 78.2 cm³/mol. The number of hydrogen-bond donors (Lipinski definition) is 0. The Hall–Kier alpha value is -1.35. The van der Waals surface area contributed by atoms with E-state index in [1.54, 1.807) is 0 Å². The molecule has 4 atom stereocenters. The average molecular weight is 273 g/mol. The standard InChI is InChI=1S/C17H23NO2/c1-12(15-6-4-3-5-7-15)18-11-14-8-16(18)10-17(9-14)20-13(2)19/h3-7,12,14,16-17H,8-11H2,1-2H3/t12-,14+,16-,17+/m1/s1. The third kappa shape index (κ3) is 2.73. The Morgan fingerprint density at radius 3 is 2.70 bits per heavy atom. The molecule has 0 aromatic heterocycles. The third-order valence-corrected chi connectivity index (χ3v) is 4.79. The Labute approximate surface area is 120 Å². The molecule has 2 bridgehead atoms. The van der Waals surface area contributed by atoms with E-state index in [9.17, 15) is 4.79 Å². The van der Waals surface area contributed by atoms with Crippen molar-refractivity contribution in [2.45, 2.75) is 51.3 Å². The highest BCUT2D eigenvalue weighted by Crippen LogP contribution is 2.41. The van der Waals surface area contributed by atoms with Crippen LogP contribution >= 0.6 is 0 Å². The Kier molecular flexibility index (Phi) is 3.79. The highest BCUT2D eigenvalue weighted by Gasteiger charge is 2.42. The Morgan fingerprint density at radius 2 is 2.00 bits per heavy atom. The van der Waals surface area contributed by atoms with Crippen LogP contribution in [0.2, 0.25) is 0 Å². The summed E-state index contributed by atoms with van der Waals surface area (Å²) in [5, 5.41) is 0. The normalized spacial score (nSPS) is 31.0. The molecule has 0 radical (unpaired) electrons. The van der Waals surface area contributed by atoms with Gasteiger partial charge in [-0.25, -0.2) is 0 Å². The van der Waals surface area contributed by atoms with Gasteiger partial charge in [-0.2, -0.15) is 0 Å². The molecule has 1 aromatic rings. The number of benzene rings is 1. The molecule has 1 heterocycles. The fourth-order valence-electron chi connectivity index (χ4n) is 3.94. The van der Waals surface area contributed by atoms with E-state index in [1.807, 2.05) is 0 Å². The van der Waals surface area contributed by atoms with Gasteiger partial charge in [0.2, 0.25) is 0 Å². The summed E-state index contributed by atoms with van der Waals surface area (Å²) in [4.78, 5) is 13.7. The average Bonchev–Trinajstić information content (AvgIpc) is 2.73. The number of hydrogen-bond acceptors (Lipinski definition) is 3. The first-order valence-corrected chi connectivity index (χ1v) is 7.61. The van der Waals surface area contributed by atoms with E-state index >= 15 is 0 Å². The van der Waals surface area contributed by atoms with E-state index in [2.05, 4.69) is 42.2 Å². The molecule has 0 spiro atoms. The molecule has 1 aromatic carbocycles. The molecule has 0 N–H and O–H groups in total. The molecule has 1 saturated carbocycles. The van der Waals surface area contributed by atoms with E-state index in [0.29, 0.717) is 18.0 Å². The minimum atomic E-state index is -0.140. The fraction of sp³-hybridized carbons (Fsp3) is 0.588.